The fourth-order valence-corrected chi connectivity index (χ4v) is 5.02. The molecule has 3 aromatic rings. The van der Waals surface area contributed by atoms with E-state index < -0.39 is 35.2 Å². The highest BCUT2D eigenvalue weighted by Gasteiger charge is 2.34. The molecule has 2 atom stereocenters. The lowest BCUT2D eigenvalue weighted by Crippen LogP contribution is -2.42. The number of rotatable bonds is 4. The maximum Gasteiger partial charge on any atom is 0.415 e. The first-order valence-corrected chi connectivity index (χ1v) is 14.8. The second-order valence-electron chi connectivity index (χ2n) is 13.4. The molecule has 13 heteroatoms. The highest BCUT2D eigenvalue weighted by Crippen LogP contribution is 2.42. The third-order valence-electron chi connectivity index (χ3n) is 7.25. The quantitative estimate of drug-likeness (QED) is 0.290. The average Bonchev–Trinajstić information content (AvgIpc) is 3.61. The molecule has 240 valence electrons. The summed E-state index contributed by atoms with van der Waals surface area (Å²) in [7, 11) is 0. The van der Waals surface area contributed by atoms with Crippen molar-refractivity contribution in [3.63, 3.8) is 0 Å². The number of halogens is 1. The van der Waals surface area contributed by atoms with Crippen LogP contribution in [0.4, 0.5) is 36.0 Å². The van der Waals surface area contributed by atoms with Gasteiger partial charge in [0.2, 0.25) is 5.88 Å². The molecule has 1 fully saturated rings. The maximum atomic E-state index is 16.5. The van der Waals surface area contributed by atoms with Gasteiger partial charge in [0.1, 0.15) is 29.3 Å². The van der Waals surface area contributed by atoms with E-state index in [-0.39, 0.29) is 47.5 Å². The molecule has 2 aliphatic rings. The molecule has 0 saturated heterocycles. The van der Waals surface area contributed by atoms with Gasteiger partial charge in [0.15, 0.2) is 5.82 Å². The number of pyridine rings is 2. The molecule has 0 unspecified atom stereocenters. The number of nitrogens with one attached hydrogen (secondary N) is 3. The summed E-state index contributed by atoms with van der Waals surface area (Å²) in [5.74, 6) is 0.103. The maximum absolute atomic E-state index is 16.5. The van der Waals surface area contributed by atoms with Crippen molar-refractivity contribution < 1.29 is 33.0 Å². The van der Waals surface area contributed by atoms with E-state index in [0.717, 1.165) is 6.42 Å². The van der Waals surface area contributed by atoms with Crippen molar-refractivity contribution in [3.8, 4) is 17.0 Å². The first kappa shape index (κ1) is 31.7. The number of amides is 4. The summed E-state index contributed by atoms with van der Waals surface area (Å²) >= 11 is 0. The Balaban J connectivity index is 1.61. The van der Waals surface area contributed by atoms with Gasteiger partial charge < -0.3 is 19.5 Å². The van der Waals surface area contributed by atoms with Gasteiger partial charge in [0.25, 0.3) is 0 Å². The van der Waals surface area contributed by atoms with Gasteiger partial charge in [-0.15, -0.1) is 0 Å². The zero-order chi connectivity index (χ0) is 32.8. The van der Waals surface area contributed by atoms with Gasteiger partial charge in [-0.3, -0.25) is 15.5 Å². The Hall–Kier alpha value is -4.68. The lowest BCUT2D eigenvalue weighted by Gasteiger charge is -2.32. The molecular formula is C32H39FN6O6. The van der Waals surface area contributed by atoms with Gasteiger partial charge in [-0.1, -0.05) is 6.92 Å². The Morgan fingerprint density at radius 3 is 2.33 bits per heavy atom. The highest BCUT2D eigenvalue weighted by atomic mass is 19.1. The van der Waals surface area contributed by atoms with Gasteiger partial charge in [0.05, 0.1) is 12.2 Å². The molecule has 2 aromatic heterocycles. The van der Waals surface area contributed by atoms with Crippen LogP contribution in [-0.2, 0) is 9.47 Å². The Bertz CT molecular complexity index is 1680. The molecule has 5 rings (SSSR count). The van der Waals surface area contributed by atoms with Crippen LogP contribution in [0.15, 0.2) is 24.5 Å². The van der Waals surface area contributed by atoms with Crippen LogP contribution in [0.5, 0.6) is 5.88 Å². The van der Waals surface area contributed by atoms with Crippen LogP contribution >= 0.6 is 0 Å². The van der Waals surface area contributed by atoms with Crippen LogP contribution in [-0.4, -0.2) is 58.6 Å². The standard InChI is InChI=1S/C32H39FN6O6/c1-16-11-22(16)36-28(40)37-23-13-18-12-19(24(33)25(21(18)15-34-23)38-29(41)44-31(3,4)5)20-14-35-27-26(17(20)2)39(9-10-43-27)30(42)45-32(6,7)8/h12-16,22H,9-11H2,1-8H3,(H,38,41)(H2,34,36,37,40)/t16-,22+/m0/s1. The van der Waals surface area contributed by atoms with Crippen LogP contribution < -0.4 is 25.6 Å². The van der Waals surface area contributed by atoms with Gasteiger partial charge in [-0.05, 0) is 83.9 Å². The predicted molar refractivity (Wildman–Crippen MR) is 168 cm³/mol. The highest BCUT2D eigenvalue weighted by molar-refractivity contribution is 6.05. The predicted octanol–water partition coefficient (Wildman–Crippen LogP) is 6.76. The second kappa shape index (κ2) is 11.7. The smallest absolute Gasteiger partial charge is 0.415 e. The zero-order valence-corrected chi connectivity index (χ0v) is 26.8. The van der Waals surface area contributed by atoms with Crippen LogP contribution in [0, 0.1) is 18.7 Å². The van der Waals surface area contributed by atoms with Gasteiger partial charge in [-0.2, -0.15) is 0 Å². The molecule has 0 spiro atoms. The summed E-state index contributed by atoms with van der Waals surface area (Å²) in [5.41, 5.74) is -0.427. The van der Waals surface area contributed by atoms with Crippen molar-refractivity contribution >= 4 is 46.2 Å². The first-order chi connectivity index (χ1) is 21.0. The summed E-state index contributed by atoms with van der Waals surface area (Å²) in [6.07, 6.45) is 2.30. The van der Waals surface area contributed by atoms with Crippen molar-refractivity contribution in [3.05, 3.63) is 35.9 Å². The molecule has 4 amide bonds. The zero-order valence-electron chi connectivity index (χ0n) is 26.8. The lowest BCUT2D eigenvalue weighted by atomic mass is 9.96. The number of hydrogen-bond donors (Lipinski definition) is 3. The fourth-order valence-electron chi connectivity index (χ4n) is 5.02. The van der Waals surface area contributed by atoms with Crippen LogP contribution in [0.3, 0.4) is 0 Å². The first-order valence-electron chi connectivity index (χ1n) is 14.8. The Labute approximate surface area is 261 Å². The third kappa shape index (κ3) is 7.18. The number of fused-ring (bicyclic) bond motifs is 2. The SMILES string of the molecule is Cc1c(-c2cc3cc(NC(=O)N[C@@H]4C[C@@H]4C)ncc3c(NC(=O)OC(C)(C)C)c2F)cnc2c1N(C(=O)OC(C)(C)C)CCO2. The van der Waals surface area contributed by atoms with Crippen LogP contribution in [0.1, 0.15) is 60.5 Å². The van der Waals surface area contributed by atoms with Gasteiger partial charge in [-0.25, -0.2) is 28.7 Å². The van der Waals surface area contributed by atoms with Gasteiger partial charge >= 0.3 is 18.2 Å². The van der Waals surface area contributed by atoms with Crippen LogP contribution in [0.2, 0.25) is 0 Å². The minimum absolute atomic E-state index is 0.0875. The van der Waals surface area contributed by atoms with Crippen molar-refractivity contribution in [2.75, 3.05) is 28.7 Å². The lowest BCUT2D eigenvalue weighted by molar-refractivity contribution is 0.0565. The number of nitrogens with zero attached hydrogens (tertiary/aromatic N) is 3. The largest absolute Gasteiger partial charge is 0.474 e. The Morgan fingerprint density at radius 2 is 1.69 bits per heavy atom. The van der Waals surface area contributed by atoms with E-state index in [1.165, 1.54) is 17.3 Å². The average molecular weight is 623 g/mol. The summed E-state index contributed by atoms with van der Waals surface area (Å²) < 4.78 is 33.3. The van der Waals surface area contributed by atoms with E-state index in [9.17, 15) is 14.4 Å². The van der Waals surface area contributed by atoms with E-state index in [0.29, 0.717) is 28.1 Å². The number of anilines is 3. The fraction of sp³-hybridized carbons (Fsp3) is 0.469. The molecule has 0 radical (unpaired) electrons. The minimum atomic E-state index is -0.857. The molecule has 1 aromatic carbocycles. The number of carbonyl (C=O) groups is 3. The molecule has 3 heterocycles. The summed E-state index contributed by atoms with van der Waals surface area (Å²) in [5, 5.41) is 8.91. The Morgan fingerprint density at radius 1 is 1.00 bits per heavy atom. The second-order valence-corrected chi connectivity index (χ2v) is 13.4. The number of ether oxygens (including phenoxy) is 3. The molecule has 0 bridgehead atoms. The topological polar surface area (TPSA) is 144 Å². The molecule has 12 nitrogen and oxygen atoms in total. The summed E-state index contributed by atoms with van der Waals surface area (Å²) in [6, 6.07) is 2.88. The van der Waals surface area contributed by atoms with E-state index in [1.54, 1.807) is 60.6 Å². The van der Waals surface area contributed by atoms with Crippen molar-refractivity contribution in [2.45, 2.75) is 79.1 Å². The van der Waals surface area contributed by atoms with Crippen molar-refractivity contribution in [1.82, 2.24) is 15.3 Å². The van der Waals surface area contributed by atoms with E-state index in [4.69, 9.17) is 14.2 Å². The molecule has 3 N–H and O–H groups in total. The minimum Gasteiger partial charge on any atom is -0.474 e. The number of carbonyl (C=O) groups excluding carboxylic acids is 3. The van der Waals surface area contributed by atoms with Crippen molar-refractivity contribution in [2.24, 2.45) is 5.92 Å². The van der Waals surface area contributed by atoms with Gasteiger partial charge in [0, 0.05) is 34.9 Å². The molecule has 1 aliphatic carbocycles. The third-order valence-corrected chi connectivity index (χ3v) is 7.25. The normalized spacial score (nSPS) is 17.6. The number of urea groups is 1. The molecule has 45 heavy (non-hydrogen) atoms. The number of hydrogen-bond acceptors (Lipinski definition) is 8. The summed E-state index contributed by atoms with van der Waals surface area (Å²) in [4.78, 5) is 48.7. The van der Waals surface area contributed by atoms with E-state index in [2.05, 4.69) is 25.9 Å². The Kier molecular flexibility index (Phi) is 8.23. The number of aromatic nitrogens is 2. The molecule has 1 saturated carbocycles. The van der Waals surface area contributed by atoms with Crippen molar-refractivity contribution in [1.29, 1.82) is 0 Å². The molecule has 1 aliphatic heterocycles. The monoisotopic (exact) mass is 622 g/mol. The van der Waals surface area contributed by atoms with E-state index >= 15 is 4.39 Å². The summed E-state index contributed by atoms with van der Waals surface area (Å²) in [6.45, 7) is 14.6. The van der Waals surface area contributed by atoms with E-state index in [1.807, 2.05) is 6.92 Å². The van der Waals surface area contributed by atoms with Crippen LogP contribution in [0.25, 0.3) is 21.9 Å². The molecular weight excluding hydrogens is 583 g/mol. The number of benzene rings is 1.